The third kappa shape index (κ3) is 2.03. The van der Waals surface area contributed by atoms with Crippen LogP contribution in [0, 0.1) is 0 Å². The minimum atomic E-state index is -1.12. The second kappa shape index (κ2) is 4.06. The summed E-state index contributed by atoms with van der Waals surface area (Å²) in [5.74, 6) is -0.809. The predicted molar refractivity (Wildman–Crippen MR) is 55.5 cm³/mol. The van der Waals surface area contributed by atoms with Crippen molar-refractivity contribution in [3.63, 3.8) is 0 Å². The Morgan fingerprint density at radius 3 is 2.75 bits per heavy atom. The molecule has 16 heavy (non-hydrogen) atoms. The molecule has 0 spiro atoms. The predicted octanol–water partition coefficient (Wildman–Crippen LogP) is 1.19. The monoisotopic (exact) mass is 219 g/mol. The summed E-state index contributed by atoms with van der Waals surface area (Å²) in [5.41, 5.74) is -0.157. The van der Waals surface area contributed by atoms with Gasteiger partial charge < -0.3 is 14.1 Å². The second-order valence-electron chi connectivity index (χ2n) is 3.24. The van der Waals surface area contributed by atoms with E-state index < -0.39 is 5.97 Å². The van der Waals surface area contributed by atoms with Gasteiger partial charge in [0.15, 0.2) is 0 Å². The Morgan fingerprint density at radius 2 is 2.12 bits per heavy atom. The molecule has 0 unspecified atom stereocenters. The van der Waals surface area contributed by atoms with Crippen molar-refractivity contribution in [3.05, 3.63) is 58.4 Å². The lowest BCUT2D eigenvalue weighted by Crippen LogP contribution is -2.17. The number of carboxylic acid groups (broad SMARTS) is 1. The summed E-state index contributed by atoms with van der Waals surface area (Å²) in [7, 11) is 0. The van der Waals surface area contributed by atoms with Crippen LogP contribution in [0.4, 0.5) is 0 Å². The standard InChI is InChI=1S/C11H9NO4/c13-10-3-1-2-6-12(10)7-8-4-5-9(16-8)11(14)15/h1-6H,7H2,(H,14,15). The molecule has 0 atom stereocenters. The van der Waals surface area contributed by atoms with E-state index >= 15 is 0 Å². The number of aromatic carboxylic acids is 1. The SMILES string of the molecule is O=C(O)c1ccc(Cn2ccccc2=O)o1. The summed E-state index contributed by atoms with van der Waals surface area (Å²) in [6, 6.07) is 7.71. The minimum Gasteiger partial charge on any atom is -0.475 e. The number of rotatable bonds is 3. The van der Waals surface area contributed by atoms with Gasteiger partial charge in [-0.3, -0.25) is 4.79 Å². The van der Waals surface area contributed by atoms with Gasteiger partial charge >= 0.3 is 5.97 Å². The largest absolute Gasteiger partial charge is 0.475 e. The molecule has 2 heterocycles. The number of pyridine rings is 1. The van der Waals surface area contributed by atoms with Crippen LogP contribution in [0.5, 0.6) is 0 Å². The molecule has 2 rings (SSSR count). The Balaban J connectivity index is 2.24. The maximum Gasteiger partial charge on any atom is 0.371 e. The quantitative estimate of drug-likeness (QED) is 0.841. The second-order valence-corrected chi connectivity index (χ2v) is 3.24. The van der Waals surface area contributed by atoms with Gasteiger partial charge in [0, 0.05) is 12.3 Å². The fourth-order valence-corrected chi connectivity index (χ4v) is 1.34. The van der Waals surface area contributed by atoms with Crippen molar-refractivity contribution in [3.8, 4) is 0 Å². The van der Waals surface area contributed by atoms with E-state index in [1.54, 1.807) is 24.4 Å². The Hall–Kier alpha value is -2.30. The van der Waals surface area contributed by atoms with Gasteiger partial charge in [0.05, 0.1) is 6.54 Å². The van der Waals surface area contributed by atoms with Crippen LogP contribution in [0.1, 0.15) is 16.3 Å². The lowest BCUT2D eigenvalue weighted by Gasteiger charge is -2.01. The molecule has 0 radical (unpaired) electrons. The van der Waals surface area contributed by atoms with E-state index in [0.29, 0.717) is 5.76 Å². The van der Waals surface area contributed by atoms with Crippen molar-refractivity contribution in [2.24, 2.45) is 0 Å². The molecule has 2 aromatic heterocycles. The summed E-state index contributed by atoms with van der Waals surface area (Å²) < 4.78 is 6.48. The lowest BCUT2D eigenvalue weighted by molar-refractivity contribution is 0.0660. The number of hydrogen-bond donors (Lipinski definition) is 1. The van der Waals surface area contributed by atoms with Crippen molar-refractivity contribution < 1.29 is 14.3 Å². The first kappa shape index (κ1) is 10.2. The maximum atomic E-state index is 11.4. The Bertz CT molecular complexity index is 567. The molecular weight excluding hydrogens is 210 g/mol. The van der Waals surface area contributed by atoms with Gasteiger partial charge in [-0.25, -0.2) is 4.79 Å². The number of nitrogens with zero attached hydrogens (tertiary/aromatic N) is 1. The van der Waals surface area contributed by atoms with E-state index in [2.05, 4.69) is 0 Å². The van der Waals surface area contributed by atoms with E-state index in [9.17, 15) is 9.59 Å². The molecule has 5 nitrogen and oxygen atoms in total. The Kier molecular flexibility index (Phi) is 2.59. The van der Waals surface area contributed by atoms with Gasteiger partial charge in [-0.15, -0.1) is 0 Å². The molecule has 0 amide bonds. The highest BCUT2D eigenvalue weighted by molar-refractivity contribution is 5.84. The first-order valence-electron chi connectivity index (χ1n) is 4.64. The van der Waals surface area contributed by atoms with Crippen LogP contribution in [-0.2, 0) is 6.54 Å². The molecule has 2 aromatic rings. The zero-order valence-electron chi connectivity index (χ0n) is 8.29. The molecule has 0 bridgehead atoms. The molecule has 5 heteroatoms. The van der Waals surface area contributed by atoms with Gasteiger partial charge in [0.2, 0.25) is 5.76 Å². The van der Waals surface area contributed by atoms with Gasteiger partial charge in [-0.1, -0.05) is 6.07 Å². The van der Waals surface area contributed by atoms with Crippen molar-refractivity contribution in [2.75, 3.05) is 0 Å². The number of aromatic nitrogens is 1. The van der Waals surface area contributed by atoms with Gasteiger partial charge in [-0.2, -0.15) is 0 Å². The molecule has 0 saturated heterocycles. The highest BCUT2D eigenvalue weighted by Crippen LogP contribution is 2.08. The summed E-state index contributed by atoms with van der Waals surface area (Å²) in [6.07, 6.45) is 1.62. The average Bonchev–Trinajstić information content (AvgIpc) is 2.70. The van der Waals surface area contributed by atoms with E-state index in [0.717, 1.165) is 0 Å². The smallest absolute Gasteiger partial charge is 0.371 e. The van der Waals surface area contributed by atoms with E-state index in [1.807, 2.05) is 0 Å². The minimum absolute atomic E-state index is 0.126. The third-order valence-corrected chi connectivity index (χ3v) is 2.10. The number of hydrogen-bond acceptors (Lipinski definition) is 3. The molecular formula is C11H9NO4. The Morgan fingerprint density at radius 1 is 1.31 bits per heavy atom. The van der Waals surface area contributed by atoms with E-state index in [-0.39, 0.29) is 17.9 Å². The van der Waals surface area contributed by atoms with Crippen molar-refractivity contribution in [1.29, 1.82) is 0 Å². The summed E-state index contributed by atoms with van der Waals surface area (Å²) in [4.78, 5) is 21.9. The zero-order valence-corrected chi connectivity index (χ0v) is 8.29. The molecule has 0 aliphatic rings. The molecule has 82 valence electrons. The lowest BCUT2D eigenvalue weighted by atomic mass is 10.4. The number of furan rings is 1. The van der Waals surface area contributed by atoms with Crippen molar-refractivity contribution in [1.82, 2.24) is 4.57 Å². The molecule has 1 N–H and O–H groups in total. The summed E-state index contributed by atoms with van der Waals surface area (Å²) in [5, 5.41) is 8.66. The van der Waals surface area contributed by atoms with Crippen LogP contribution >= 0.6 is 0 Å². The van der Waals surface area contributed by atoms with Gasteiger partial charge in [0.1, 0.15) is 5.76 Å². The fourth-order valence-electron chi connectivity index (χ4n) is 1.34. The maximum absolute atomic E-state index is 11.4. The van der Waals surface area contributed by atoms with Gasteiger partial charge in [0.25, 0.3) is 5.56 Å². The van der Waals surface area contributed by atoms with Crippen LogP contribution in [0.25, 0.3) is 0 Å². The fraction of sp³-hybridized carbons (Fsp3) is 0.0909. The first-order chi connectivity index (χ1) is 7.66. The molecule has 0 saturated carbocycles. The number of carboxylic acids is 1. The summed E-state index contributed by atoms with van der Waals surface area (Å²) >= 11 is 0. The van der Waals surface area contributed by atoms with Crippen LogP contribution in [0.2, 0.25) is 0 Å². The third-order valence-electron chi connectivity index (χ3n) is 2.10. The summed E-state index contributed by atoms with van der Waals surface area (Å²) in [6.45, 7) is 0.229. The van der Waals surface area contributed by atoms with Crippen molar-refractivity contribution >= 4 is 5.97 Å². The van der Waals surface area contributed by atoms with Crippen LogP contribution < -0.4 is 5.56 Å². The normalized spacial score (nSPS) is 10.2. The molecule has 0 fully saturated rings. The number of carbonyl (C=O) groups is 1. The Labute approximate surface area is 90.6 Å². The van der Waals surface area contributed by atoms with E-state index in [4.69, 9.17) is 9.52 Å². The highest BCUT2D eigenvalue weighted by Gasteiger charge is 2.09. The molecule has 0 aliphatic heterocycles. The molecule has 0 aromatic carbocycles. The van der Waals surface area contributed by atoms with Crippen molar-refractivity contribution in [2.45, 2.75) is 6.54 Å². The van der Waals surface area contributed by atoms with Gasteiger partial charge in [-0.05, 0) is 18.2 Å². The van der Waals surface area contributed by atoms with Crippen LogP contribution in [0.15, 0.2) is 45.7 Å². The van der Waals surface area contributed by atoms with Crippen LogP contribution in [0.3, 0.4) is 0 Å². The topological polar surface area (TPSA) is 72.4 Å². The average molecular weight is 219 g/mol. The first-order valence-corrected chi connectivity index (χ1v) is 4.64. The van der Waals surface area contributed by atoms with Crippen LogP contribution in [-0.4, -0.2) is 15.6 Å². The highest BCUT2D eigenvalue weighted by atomic mass is 16.4. The molecule has 0 aliphatic carbocycles. The van der Waals surface area contributed by atoms with E-state index in [1.165, 1.54) is 16.7 Å². The zero-order chi connectivity index (χ0) is 11.5.